The lowest BCUT2D eigenvalue weighted by atomic mass is 10.6. The summed E-state index contributed by atoms with van der Waals surface area (Å²) in [6.45, 7) is 0. The SMILES string of the molecule is Clc1[c]nncc1. The third kappa shape index (κ3) is 1.12. The van der Waals surface area contributed by atoms with E-state index in [1.807, 2.05) is 0 Å². The smallest absolute Gasteiger partial charge is 0.133 e. The summed E-state index contributed by atoms with van der Waals surface area (Å²) >= 11 is 5.38. The number of rotatable bonds is 0. The van der Waals surface area contributed by atoms with Gasteiger partial charge in [-0.1, -0.05) is 11.6 Å². The molecule has 0 bridgehead atoms. The molecule has 1 radical (unpaired) electrons. The summed E-state index contributed by atoms with van der Waals surface area (Å²) in [5, 5.41) is 7.33. The van der Waals surface area contributed by atoms with Gasteiger partial charge in [0.1, 0.15) is 6.20 Å². The van der Waals surface area contributed by atoms with Crippen molar-refractivity contribution in [3.8, 4) is 0 Å². The second-order valence-electron chi connectivity index (χ2n) is 0.991. The van der Waals surface area contributed by atoms with Gasteiger partial charge in [-0.05, 0) is 6.07 Å². The van der Waals surface area contributed by atoms with E-state index in [4.69, 9.17) is 11.6 Å². The Bertz CT molecular complexity index is 140. The molecule has 0 N–H and O–H groups in total. The molecule has 0 amide bonds. The number of nitrogens with zero attached hydrogens (tertiary/aromatic N) is 2. The number of hydrogen-bond acceptors (Lipinski definition) is 2. The van der Waals surface area contributed by atoms with Crippen LogP contribution in [0.3, 0.4) is 0 Å². The fourth-order valence-electron chi connectivity index (χ4n) is 0.246. The van der Waals surface area contributed by atoms with Crippen molar-refractivity contribution in [1.29, 1.82) is 0 Å². The van der Waals surface area contributed by atoms with Crippen LogP contribution in [0.4, 0.5) is 0 Å². The van der Waals surface area contributed by atoms with Crippen molar-refractivity contribution >= 4 is 11.6 Å². The molecule has 1 aromatic heterocycles. The van der Waals surface area contributed by atoms with E-state index in [0.29, 0.717) is 5.02 Å². The molecular weight excluding hydrogens is 112 g/mol. The van der Waals surface area contributed by atoms with Crippen molar-refractivity contribution in [1.82, 2.24) is 10.2 Å². The van der Waals surface area contributed by atoms with Crippen molar-refractivity contribution in [3.63, 3.8) is 0 Å². The summed E-state index contributed by atoms with van der Waals surface area (Å²) < 4.78 is 0. The minimum Gasteiger partial charge on any atom is -0.158 e. The molecule has 35 valence electrons. The highest BCUT2D eigenvalue weighted by atomic mass is 35.5. The van der Waals surface area contributed by atoms with Gasteiger partial charge in [-0.15, -0.1) is 5.10 Å². The Morgan fingerprint density at radius 1 is 1.71 bits per heavy atom. The summed E-state index contributed by atoms with van der Waals surface area (Å²) in [6.07, 6.45) is 3.95. The third-order valence-electron chi connectivity index (χ3n) is 0.502. The van der Waals surface area contributed by atoms with Crippen LogP contribution in [0.5, 0.6) is 0 Å². The summed E-state index contributed by atoms with van der Waals surface area (Å²) in [6, 6.07) is 1.62. The molecule has 1 heterocycles. The van der Waals surface area contributed by atoms with Gasteiger partial charge in [-0.25, -0.2) is 0 Å². The second-order valence-corrected chi connectivity index (χ2v) is 1.40. The molecule has 0 unspecified atom stereocenters. The molecular formula is C4H2ClN2. The van der Waals surface area contributed by atoms with Crippen LogP contribution >= 0.6 is 11.6 Å². The molecule has 0 aliphatic heterocycles. The Balaban J connectivity index is 3.02. The first-order chi connectivity index (χ1) is 3.39. The van der Waals surface area contributed by atoms with Crippen LogP contribution in [0, 0.1) is 6.20 Å². The summed E-state index contributed by atoms with van der Waals surface area (Å²) in [5.41, 5.74) is 0. The van der Waals surface area contributed by atoms with Gasteiger partial charge in [0.05, 0.1) is 11.2 Å². The Morgan fingerprint density at radius 3 is 2.86 bits per heavy atom. The predicted molar refractivity (Wildman–Crippen MR) is 25.9 cm³/mol. The minimum absolute atomic E-state index is 0.495. The zero-order valence-corrected chi connectivity index (χ0v) is 4.18. The molecule has 1 aromatic rings. The number of aromatic nitrogens is 2. The van der Waals surface area contributed by atoms with E-state index in [9.17, 15) is 0 Å². The highest BCUT2D eigenvalue weighted by Gasteiger charge is 1.78. The van der Waals surface area contributed by atoms with E-state index in [0.717, 1.165) is 0 Å². The maximum Gasteiger partial charge on any atom is 0.133 e. The van der Waals surface area contributed by atoms with Gasteiger partial charge in [0.2, 0.25) is 0 Å². The molecule has 7 heavy (non-hydrogen) atoms. The van der Waals surface area contributed by atoms with Gasteiger partial charge in [0, 0.05) is 0 Å². The summed E-state index contributed by atoms with van der Waals surface area (Å²) in [7, 11) is 0. The Morgan fingerprint density at radius 2 is 2.57 bits per heavy atom. The summed E-state index contributed by atoms with van der Waals surface area (Å²) in [5.74, 6) is 0. The Labute approximate surface area is 46.1 Å². The Hall–Kier alpha value is -0.630. The first-order valence-corrected chi connectivity index (χ1v) is 2.12. The lowest BCUT2D eigenvalue weighted by Gasteiger charge is -1.77. The lowest BCUT2D eigenvalue weighted by Crippen LogP contribution is -1.74. The van der Waals surface area contributed by atoms with Crippen molar-refractivity contribution in [3.05, 3.63) is 23.5 Å². The normalized spacial score (nSPS) is 8.71. The Kier molecular flexibility index (Phi) is 1.22. The van der Waals surface area contributed by atoms with E-state index in [1.54, 1.807) is 6.07 Å². The van der Waals surface area contributed by atoms with Crippen molar-refractivity contribution in [2.75, 3.05) is 0 Å². The molecule has 3 heteroatoms. The molecule has 0 atom stereocenters. The quantitative estimate of drug-likeness (QED) is 0.500. The average Bonchev–Trinajstić information content (AvgIpc) is 1.69. The first-order valence-electron chi connectivity index (χ1n) is 1.74. The monoisotopic (exact) mass is 113 g/mol. The molecule has 0 aromatic carbocycles. The van der Waals surface area contributed by atoms with Gasteiger partial charge in [-0.3, -0.25) is 0 Å². The van der Waals surface area contributed by atoms with Crippen molar-refractivity contribution in [2.24, 2.45) is 0 Å². The standard InChI is InChI=1S/C4H2ClN2/c5-4-1-2-6-7-3-4/h1-2H. The molecule has 0 saturated heterocycles. The van der Waals surface area contributed by atoms with Crippen molar-refractivity contribution < 1.29 is 0 Å². The highest BCUT2D eigenvalue weighted by molar-refractivity contribution is 6.30. The van der Waals surface area contributed by atoms with Gasteiger partial charge < -0.3 is 0 Å². The van der Waals surface area contributed by atoms with Crippen LogP contribution in [-0.2, 0) is 0 Å². The predicted octanol–water partition coefficient (Wildman–Crippen LogP) is 0.930. The van der Waals surface area contributed by atoms with E-state index >= 15 is 0 Å². The molecule has 2 nitrogen and oxygen atoms in total. The van der Waals surface area contributed by atoms with E-state index in [2.05, 4.69) is 16.4 Å². The molecule has 1 rings (SSSR count). The fourth-order valence-corrected chi connectivity index (χ4v) is 0.340. The van der Waals surface area contributed by atoms with Gasteiger partial charge in [0.15, 0.2) is 0 Å². The topological polar surface area (TPSA) is 25.8 Å². The molecule has 0 fully saturated rings. The average molecular weight is 114 g/mol. The van der Waals surface area contributed by atoms with E-state index in [-0.39, 0.29) is 0 Å². The summed E-state index contributed by atoms with van der Waals surface area (Å²) in [4.78, 5) is 0. The molecule has 0 aliphatic rings. The minimum atomic E-state index is 0.495. The fraction of sp³-hybridized carbons (Fsp3) is 0. The van der Waals surface area contributed by atoms with Crippen LogP contribution in [0.2, 0.25) is 5.02 Å². The molecule has 0 saturated carbocycles. The maximum absolute atomic E-state index is 5.38. The van der Waals surface area contributed by atoms with Crippen LogP contribution in [-0.4, -0.2) is 10.2 Å². The van der Waals surface area contributed by atoms with Crippen LogP contribution in [0.1, 0.15) is 0 Å². The lowest BCUT2D eigenvalue weighted by molar-refractivity contribution is 1.02. The first kappa shape index (κ1) is 4.53. The zero-order chi connectivity index (χ0) is 5.11. The largest absolute Gasteiger partial charge is 0.158 e. The number of halogens is 1. The second kappa shape index (κ2) is 1.89. The molecule has 0 spiro atoms. The van der Waals surface area contributed by atoms with Crippen molar-refractivity contribution in [2.45, 2.75) is 0 Å². The van der Waals surface area contributed by atoms with Gasteiger partial charge >= 0.3 is 0 Å². The maximum atomic E-state index is 5.38. The highest BCUT2D eigenvalue weighted by Crippen LogP contribution is 1.98. The third-order valence-corrected chi connectivity index (χ3v) is 0.713. The molecule has 0 aliphatic carbocycles. The van der Waals surface area contributed by atoms with Crippen LogP contribution in [0.15, 0.2) is 12.3 Å². The van der Waals surface area contributed by atoms with Gasteiger partial charge in [-0.2, -0.15) is 5.10 Å². The number of hydrogen-bond donors (Lipinski definition) is 0. The van der Waals surface area contributed by atoms with Crippen LogP contribution in [0.25, 0.3) is 0 Å². The zero-order valence-electron chi connectivity index (χ0n) is 3.43. The van der Waals surface area contributed by atoms with E-state index in [1.165, 1.54) is 6.20 Å². The van der Waals surface area contributed by atoms with E-state index < -0.39 is 0 Å². The van der Waals surface area contributed by atoms with Crippen LogP contribution < -0.4 is 0 Å². The van der Waals surface area contributed by atoms with Gasteiger partial charge in [0.25, 0.3) is 0 Å².